The summed E-state index contributed by atoms with van der Waals surface area (Å²) in [6.45, 7) is 2.71. The number of carbonyl (C=O) groups excluding carboxylic acids is 2. The number of nitrogens with one attached hydrogen (secondary N) is 1. The number of hydrogen-bond donors (Lipinski definition) is 3. The van der Waals surface area contributed by atoms with Gasteiger partial charge in [-0.2, -0.15) is 0 Å². The van der Waals surface area contributed by atoms with Gasteiger partial charge in [-0.25, -0.2) is 0 Å². The highest BCUT2D eigenvalue weighted by Crippen LogP contribution is 2.42. The number of ketones is 1. The zero-order valence-electron chi connectivity index (χ0n) is 17.3. The molecule has 0 atom stereocenters. The molecule has 1 aliphatic rings. The Labute approximate surface area is 174 Å². The molecule has 1 amide bonds. The molecule has 0 bridgehead atoms. The molecule has 0 saturated heterocycles. The lowest BCUT2D eigenvalue weighted by molar-refractivity contribution is -0.138. The normalized spacial score (nSPS) is 14.9. The molecule has 0 heterocycles. The molecule has 0 spiro atoms. The standard InChI is InChI=1S/C23H24N2O5/c1-23(2)16-10-9-13(14-7-5-6-8-17(14)25(3)4)11-15(16)20(28)19(21(23)29)22(30)24-12-18(26)27/h5-11,28H,12H2,1-4H3,(H,24,30)(H,26,27). The number of carboxylic acid groups (broad SMARTS) is 1. The van der Waals surface area contributed by atoms with Crippen LogP contribution in [0.25, 0.3) is 16.9 Å². The van der Waals surface area contributed by atoms with Gasteiger partial charge in [0.1, 0.15) is 17.9 Å². The molecule has 3 rings (SSSR count). The Morgan fingerprint density at radius 2 is 1.73 bits per heavy atom. The first-order chi connectivity index (χ1) is 14.1. The van der Waals surface area contributed by atoms with E-state index in [2.05, 4.69) is 5.32 Å². The fraction of sp³-hybridized carbons (Fsp3) is 0.261. The molecule has 1 aliphatic carbocycles. The van der Waals surface area contributed by atoms with Crippen molar-refractivity contribution in [3.63, 3.8) is 0 Å². The molecule has 30 heavy (non-hydrogen) atoms. The Morgan fingerprint density at radius 1 is 1.07 bits per heavy atom. The van der Waals surface area contributed by atoms with E-state index in [0.29, 0.717) is 11.1 Å². The summed E-state index contributed by atoms with van der Waals surface area (Å²) in [5.74, 6) is -3.15. The van der Waals surface area contributed by atoms with Crippen LogP contribution >= 0.6 is 0 Å². The van der Waals surface area contributed by atoms with Crippen molar-refractivity contribution in [2.24, 2.45) is 0 Å². The minimum Gasteiger partial charge on any atom is -0.506 e. The van der Waals surface area contributed by atoms with E-state index in [-0.39, 0.29) is 0 Å². The van der Waals surface area contributed by atoms with Crippen molar-refractivity contribution in [1.82, 2.24) is 5.32 Å². The first-order valence-corrected chi connectivity index (χ1v) is 9.45. The number of aliphatic hydroxyl groups is 1. The minimum absolute atomic E-state index is 0.381. The predicted molar refractivity (Wildman–Crippen MR) is 114 cm³/mol. The zero-order chi connectivity index (χ0) is 22.2. The Balaban J connectivity index is 2.18. The summed E-state index contributed by atoms with van der Waals surface area (Å²) in [4.78, 5) is 38.2. The Morgan fingerprint density at radius 3 is 2.37 bits per heavy atom. The molecular formula is C23H24N2O5. The number of rotatable bonds is 5. The van der Waals surface area contributed by atoms with Crippen molar-refractivity contribution in [1.29, 1.82) is 0 Å². The summed E-state index contributed by atoms with van der Waals surface area (Å²) in [7, 11) is 3.86. The van der Waals surface area contributed by atoms with Crippen molar-refractivity contribution in [2.75, 3.05) is 25.5 Å². The smallest absolute Gasteiger partial charge is 0.322 e. The highest BCUT2D eigenvalue weighted by atomic mass is 16.4. The van der Waals surface area contributed by atoms with Gasteiger partial charge >= 0.3 is 5.97 Å². The number of para-hydroxylation sites is 1. The van der Waals surface area contributed by atoms with Crippen LogP contribution in [-0.2, 0) is 19.8 Å². The lowest BCUT2D eigenvalue weighted by atomic mass is 9.70. The van der Waals surface area contributed by atoms with Gasteiger partial charge in [0, 0.05) is 30.9 Å². The summed E-state index contributed by atoms with van der Waals surface area (Å²) in [6, 6.07) is 13.2. The van der Waals surface area contributed by atoms with E-state index in [1.807, 2.05) is 49.3 Å². The zero-order valence-corrected chi connectivity index (χ0v) is 17.3. The molecule has 7 heteroatoms. The van der Waals surface area contributed by atoms with E-state index in [4.69, 9.17) is 5.11 Å². The average molecular weight is 408 g/mol. The van der Waals surface area contributed by atoms with Crippen molar-refractivity contribution in [3.8, 4) is 11.1 Å². The van der Waals surface area contributed by atoms with Gasteiger partial charge in [-0.15, -0.1) is 0 Å². The molecule has 0 saturated carbocycles. The molecule has 2 aromatic carbocycles. The lowest BCUT2D eigenvalue weighted by Crippen LogP contribution is -2.42. The van der Waals surface area contributed by atoms with Crippen LogP contribution in [0.2, 0.25) is 0 Å². The van der Waals surface area contributed by atoms with Gasteiger partial charge in [-0.05, 0) is 37.1 Å². The van der Waals surface area contributed by atoms with Crippen LogP contribution in [0.15, 0.2) is 48.0 Å². The Bertz CT molecular complexity index is 1080. The average Bonchev–Trinajstić information content (AvgIpc) is 2.70. The summed E-state index contributed by atoms with van der Waals surface area (Å²) < 4.78 is 0. The molecule has 2 aromatic rings. The van der Waals surface area contributed by atoms with E-state index < -0.39 is 41.0 Å². The number of aliphatic carboxylic acids is 1. The van der Waals surface area contributed by atoms with Crippen molar-refractivity contribution < 1.29 is 24.6 Å². The maximum atomic E-state index is 13.0. The monoisotopic (exact) mass is 408 g/mol. The van der Waals surface area contributed by atoms with E-state index in [0.717, 1.165) is 16.8 Å². The quantitative estimate of drug-likeness (QED) is 0.657. The van der Waals surface area contributed by atoms with E-state index >= 15 is 0 Å². The van der Waals surface area contributed by atoms with Gasteiger partial charge in [-0.3, -0.25) is 14.4 Å². The number of carboxylic acids is 1. The first-order valence-electron chi connectivity index (χ1n) is 9.45. The van der Waals surface area contributed by atoms with Crippen LogP contribution in [0.4, 0.5) is 5.69 Å². The summed E-state index contributed by atoms with van der Waals surface area (Å²) in [5.41, 5.74) is 2.23. The molecule has 0 aliphatic heterocycles. The summed E-state index contributed by atoms with van der Waals surface area (Å²) >= 11 is 0. The molecule has 0 aromatic heterocycles. The van der Waals surface area contributed by atoms with Crippen LogP contribution in [0, 0.1) is 0 Å². The lowest BCUT2D eigenvalue weighted by Gasteiger charge is -2.32. The largest absolute Gasteiger partial charge is 0.506 e. The second-order valence-corrected chi connectivity index (χ2v) is 7.93. The Kier molecular flexibility index (Phi) is 5.39. The number of hydrogen-bond acceptors (Lipinski definition) is 5. The minimum atomic E-state index is -1.24. The molecule has 0 radical (unpaired) electrons. The fourth-order valence-electron chi connectivity index (χ4n) is 3.69. The van der Waals surface area contributed by atoms with Crippen LogP contribution < -0.4 is 10.2 Å². The topological polar surface area (TPSA) is 107 Å². The fourth-order valence-corrected chi connectivity index (χ4v) is 3.69. The highest BCUT2D eigenvalue weighted by molar-refractivity contribution is 6.28. The second kappa shape index (κ2) is 7.67. The molecule has 3 N–H and O–H groups in total. The van der Waals surface area contributed by atoms with Gasteiger partial charge < -0.3 is 20.4 Å². The van der Waals surface area contributed by atoms with E-state index in [9.17, 15) is 19.5 Å². The second-order valence-electron chi connectivity index (χ2n) is 7.93. The van der Waals surface area contributed by atoms with Crippen LogP contribution in [-0.4, -0.2) is 48.5 Å². The van der Waals surface area contributed by atoms with Gasteiger partial charge in [0.15, 0.2) is 5.78 Å². The summed E-state index contributed by atoms with van der Waals surface area (Å²) in [6.07, 6.45) is 0. The summed E-state index contributed by atoms with van der Waals surface area (Å²) in [5, 5.41) is 21.8. The molecule has 0 unspecified atom stereocenters. The number of Topliss-reactive ketones (excluding diaryl/α,β-unsaturated/α-hetero) is 1. The Hall–Kier alpha value is -3.61. The number of amides is 1. The van der Waals surface area contributed by atoms with Crippen LogP contribution in [0.3, 0.4) is 0 Å². The number of aliphatic hydroxyl groups excluding tert-OH is 1. The van der Waals surface area contributed by atoms with Crippen molar-refractivity contribution >= 4 is 29.1 Å². The van der Waals surface area contributed by atoms with Gasteiger partial charge in [-0.1, -0.05) is 30.3 Å². The number of anilines is 1. The van der Waals surface area contributed by atoms with Crippen LogP contribution in [0.5, 0.6) is 0 Å². The third-order valence-electron chi connectivity index (χ3n) is 5.30. The third kappa shape index (κ3) is 3.54. The highest BCUT2D eigenvalue weighted by Gasteiger charge is 2.43. The maximum Gasteiger partial charge on any atom is 0.322 e. The van der Waals surface area contributed by atoms with E-state index in [1.165, 1.54) is 0 Å². The van der Waals surface area contributed by atoms with Gasteiger partial charge in [0.05, 0.1) is 5.41 Å². The van der Waals surface area contributed by atoms with Crippen molar-refractivity contribution in [2.45, 2.75) is 19.3 Å². The molecular weight excluding hydrogens is 384 g/mol. The number of nitrogens with zero attached hydrogens (tertiary/aromatic N) is 1. The van der Waals surface area contributed by atoms with Gasteiger partial charge in [0.25, 0.3) is 5.91 Å². The first kappa shape index (κ1) is 21.1. The predicted octanol–water partition coefficient (Wildman–Crippen LogP) is 2.75. The number of fused-ring (bicyclic) bond motifs is 1. The molecule has 156 valence electrons. The van der Waals surface area contributed by atoms with Crippen LogP contribution in [0.1, 0.15) is 25.0 Å². The maximum absolute atomic E-state index is 13.0. The van der Waals surface area contributed by atoms with Gasteiger partial charge in [0.2, 0.25) is 0 Å². The van der Waals surface area contributed by atoms with Crippen molar-refractivity contribution in [3.05, 3.63) is 59.2 Å². The third-order valence-corrected chi connectivity index (χ3v) is 5.30. The number of benzene rings is 2. The van der Waals surface area contributed by atoms with E-state index in [1.54, 1.807) is 26.0 Å². The SMILES string of the molecule is CN(C)c1ccccc1-c1ccc2c(c1)C(O)=C(C(=O)NCC(=O)O)C(=O)C2(C)C. The molecule has 0 fully saturated rings. The molecule has 7 nitrogen and oxygen atoms in total. The number of carbonyl (C=O) groups is 3.